The number of hydrogen-bond donors (Lipinski definition) is 1. The van der Waals surface area contributed by atoms with Gasteiger partial charge in [-0.2, -0.15) is 0 Å². The van der Waals surface area contributed by atoms with Crippen molar-refractivity contribution in [1.82, 2.24) is 5.32 Å². The summed E-state index contributed by atoms with van der Waals surface area (Å²) < 4.78 is 5.55. The SMILES string of the molecule is Cc1ccc(C)c(OCC(=O)N[C@@H](C)C(C)C)c1. The Bertz CT molecular complexity index is 413. The van der Waals surface area contributed by atoms with Crippen molar-refractivity contribution in [3.05, 3.63) is 29.3 Å². The van der Waals surface area contributed by atoms with Gasteiger partial charge in [-0.15, -0.1) is 0 Å². The van der Waals surface area contributed by atoms with Crippen LogP contribution in [0.1, 0.15) is 31.9 Å². The average Bonchev–Trinajstić information content (AvgIpc) is 2.30. The maximum absolute atomic E-state index is 11.7. The van der Waals surface area contributed by atoms with Crippen LogP contribution < -0.4 is 10.1 Å². The highest BCUT2D eigenvalue weighted by Crippen LogP contribution is 2.18. The molecule has 0 aromatic heterocycles. The lowest BCUT2D eigenvalue weighted by molar-refractivity contribution is -0.124. The fraction of sp³-hybridized carbons (Fsp3) is 0.533. The summed E-state index contributed by atoms with van der Waals surface area (Å²) in [7, 11) is 0. The summed E-state index contributed by atoms with van der Waals surface area (Å²) in [5.74, 6) is 1.13. The molecule has 0 spiro atoms. The first-order chi connectivity index (χ1) is 8.40. The highest BCUT2D eigenvalue weighted by atomic mass is 16.5. The van der Waals surface area contributed by atoms with E-state index in [0.717, 1.165) is 16.9 Å². The normalized spacial score (nSPS) is 12.3. The van der Waals surface area contributed by atoms with Gasteiger partial charge in [0.05, 0.1) is 0 Å². The molecule has 0 bridgehead atoms. The summed E-state index contributed by atoms with van der Waals surface area (Å²) in [6, 6.07) is 6.15. The molecule has 0 fully saturated rings. The molecule has 1 aromatic carbocycles. The minimum absolute atomic E-state index is 0.0708. The van der Waals surface area contributed by atoms with E-state index >= 15 is 0 Å². The molecule has 1 atom stereocenters. The number of carbonyl (C=O) groups excluding carboxylic acids is 1. The van der Waals surface area contributed by atoms with Crippen LogP contribution >= 0.6 is 0 Å². The number of hydrogen-bond acceptors (Lipinski definition) is 2. The van der Waals surface area contributed by atoms with Gasteiger partial charge in [-0.25, -0.2) is 0 Å². The van der Waals surface area contributed by atoms with Gasteiger partial charge >= 0.3 is 0 Å². The van der Waals surface area contributed by atoms with E-state index in [4.69, 9.17) is 4.74 Å². The first kappa shape index (κ1) is 14.6. The second-order valence-electron chi connectivity index (χ2n) is 5.16. The number of benzene rings is 1. The van der Waals surface area contributed by atoms with Gasteiger partial charge in [0.2, 0.25) is 0 Å². The van der Waals surface area contributed by atoms with E-state index in [1.165, 1.54) is 0 Å². The van der Waals surface area contributed by atoms with Crippen molar-refractivity contribution in [1.29, 1.82) is 0 Å². The number of rotatable bonds is 5. The van der Waals surface area contributed by atoms with Crippen LogP contribution in [0.4, 0.5) is 0 Å². The number of amides is 1. The highest BCUT2D eigenvalue weighted by molar-refractivity contribution is 5.77. The van der Waals surface area contributed by atoms with Crippen molar-refractivity contribution in [2.45, 2.75) is 40.7 Å². The molecule has 3 heteroatoms. The molecule has 1 rings (SSSR count). The van der Waals surface area contributed by atoms with E-state index in [9.17, 15) is 4.79 Å². The molecule has 3 nitrogen and oxygen atoms in total. The molecule has 0 unspecified atom stereocenters. The predicted molar refractivity (Wildman–Crippen MR) is 73.9 cm³/mol. The van der Waals surface area contributed by atoms with Crippen LogP contribution in [0.25, 0.3) is 0 Å². The zero-order valence-electron chi connectivity index (χ0n) is 11.9. The Morgan fingerprint density at radius 3 is 2.56 bits per heavy atom. The third-order valence-corrected chi connectivity index (χ3v) is 3.09. The van der Waals surface area contributed by atoms with Crippen LogP contribution in [0.5, 0.6) is 5.75 Å². The Morgan fingerprint density at radius 2 is 1.94 bits per heavy atom. The third-order valence-electron chi connectivity index (χ3n) is 3.09. The standard InChI is InChI=1S/C15H23NO2/c1-10(2)13(5)16-15(17)9-18-14-8-11(3)6-7-12(14)4/h6-8,10,13H,9H2,1-5H3,(H,16,17)/t13-/m0/s1. The minimum atomic E-state index is -0.0721. The zero-order valence-corrected chi connectivity index (χ0v) is 11.9. The van der Waals surface area contributed by atoms with E-state index in [2.05, 4.69) is 19.2 Å². The molecule has 1 N–H and O–H groups in total. The second kappa shape index (κ2) is 6.43. The van der Waals surface area contributed by atoms with Crippen molar-refractivity contribution < 1.29 is 9.53 Å². The molecule has 0 aliphatic carbocycles. The Kier molecular flexibility index (Phi) is 5.20. The van der Waals surface area contributed by atoms with Crippen LogP contribution in [0.15, 0.2) is 18.2 Å². The molecule has 1 aromatic rings. The van der Waals surface area contributed by atoms with E-state index in [-0.39, 0.29) is 18.6 Å². The zero-order chi connectivity index (χ0) is 13.7. The van der Waals surface area contributed by atoms with Gasteiger partial charge in [-0.3, -0.25) is 4.79 Å². The Hall–Kier alpha value is -1.51. The highest BCUT2D eigenvalue weighted by Gasteiger charge is 2.11. The third kappa shape index (κ3) is 4.40. The minimum Gasteiger partial charge on any atom is -0.483 e. The number of nitrogens with one attached hydrogen (secondary N) is 1. The van der Waals surface area contributed by atoms with Gasteiger partial charge in [-0.1, -0.05) is 26.0 Å². The fourth-order valence-corrected chi connectivity index (χ4v) is 1.47. The summed E-state index contributed by atoms with van der Waals surface area (Å²) in [5, 5.41) is 2.92. The second-order valence-corrected chi connectivity index (χ2v) is 5.16. The van der Waals surface area contributed by atoms with Crippen LogP contribution in [0.3, 0.4) is 0 Å². The van der Waals surface area contributed by atoms with E-state index in [0.29, 0.717) is 5.92 Å². The van der Waals surface area contributed by atoms with Crippen LogP contribution in [-0.4, -0.2) is 18.6 Å². The van der Waals surface area contributed by atoms with Crippen molar-refractivity contribution in [3.63, 3.8) is 0 Å². The summed E-state index contributed by atoms with van der Waals surface area (Å²) in [5.41, 5.74) is 2.18. The lowest BCUT2D eigenvalue weighted by atomic mass is 10.1. The Balaban J connectivity index is 2.50. The molecule has 0 saturated heterocycles. The predicted octanol–water partition coefficient (Wildman–Crippen LogP) is 2.84. The maximum Gasteiger partial charge on any atom is 0.258 e. The van der Waals surface area contributed by atoms with Gasteiger partial charge in [0.25, 0.3) is 5.91 Å². The lowest BCUT2D eigenvalue weighted by Crippen LogP contribution is -2.39. The lowest BCUT2D eigenvalue weighted by Gasteiger charge is -2.17. The molecule has 0 saturated carbocycles. The van der Waals surface area contributed by atoms with Crippen molar-refractivity contribution in [3.8, 4) is 5.75 Å². The summed E-state index contributed by atoms with van der Waals surface area (Å²) in [6.45, 7) is 10.2. The van der Waals surface area contributed by atoms with Crippen LogP contribution in [0, 0.1) is 19.8 Å². The monoisotopic (exact) mass is 249 g/mol. The van der Waals surface area contributed by atoms with E-state index < -0.39 is 0 Å². The molecule has 0 radical (unpaired) electrons. The van der Waals surface area contributed by atoms with E-state index in [1.807, 2.05) is 39.0 Å². The first-order valence-corrected chi connectivity index (χ1v) is 6.39. The molecule has 0 aliphatic rings. The van der Waals surface area contributed by atoms with E-state index in [1.54, 1.807) is 0 Å². The largest absolute Gasteiger partial charge is 0.483 e. The van der Waals surface area contributed by atoms with Crippen LogP contribution in [0.2, 0.25) is 0 Å². The van der Waals surface area contributed by atoms with Crippen LogP contribution in [-0.2, 0) is 4.79 Å². The molecular weight excluding hydrogens is 226 g/mol. The topological polar surface area (TPSA) is 38.3 Å². The molecular formula is C15H23NO2. The molecule has 0 aliphatic heterocycles. The Labute approximate surface area is 110 Å². The van der Waals surface area contributed by atoms with Crippen molar-refractivity contribution in [2.24, 2.45) is 5.92 Å². The van der Waals surface area contributed by atoms with Gasteiger partial charge in [0, 0.05) is 6.04 Å². The number of ether oxygens (including phenoxy) is 1. The van der Waals surface area contributed by atoms with Crippen molar-refractivity contribution >= 4 is 5.91 Å². The number of aryl methyl sites for hydroxylation is 2. The first-order valence-electron chi connectivity index (χ1n) is 6.39. The summed E-state index contributed by atoms with van der Waals surface area (Å²) >= 11 is 0. The van der Waals surface area contributed by atoms with Gasteiger partial charge in [0.15, 0.2) is 6.61 Å². The molecule has 0 heterocycles. The molecule has 100 valence electrons. The fourth-order valence-electron chi connectivity index (χ4n) is 1.47. The average molecular weight is 249 g/mol. The molecule has 1 amide bonds. The van der Waals surface area contributed by atoms with Gasteiger partial charge in [0.1, 0.15) is 5.75 Å². The maximum atomic E-state index is 11.7. The number of carbonyl (C=O) groups is 1. The van der Waals surface area contributed by atoms with Gasteiger partial charge < -0.3 is 10.1 Å². The van der Waals surface area contributed by atoms with Gasteiger partial charge in [-0.05, 0) is 43.9 Å². The summed E-state index contributed by atoms with van der Waals surface area (Å²) in [6.07, 6.45) is 0. The Morgan fingerprint density at radius 1 is 1.28 bits per heavy atom. The summed E-state index contributed by atoms with van der Waals surface area (Å²) in [4.78, 5) is 11.7. The smallest absolute Gasteiger partial charge is 0.258 e. The van der Waals surface area contributed by atoms with Crippen molar-refractivity contribution in [2.75, 3.05) is 6.61 Å². The molecule has 18 heavy (non-hydrogen) atoms. The quantitative estimate of drug-likeness (QED) is 0.871.